The Morgan fingerprint density at radius 1 is 1.47 bits per heavy atom. The van der Waals surface area contributed by atoms with Crippen LogP contribution < -0.4 is 10.1 Å². The predicted octanol–water partition coefficient (Wildman–Crippen LogP) is 4.34. The van der Waals surface area contributed by atoms with Crippen LogP contribution in [0.1, 0.15) is 44.6 Å². The normalized spacial score (nSPS) is 21.1. The molecule has 0 spiro atoms. The first kappa shape index (κ1) is 14.9. The quantitative estimate of drug-likeness (QED) is 0.869. The van der Waals surface area contributed by atoms with E-state index in [1.54, 1.807) is 0 Å². The van der Waals surface area contributed by atoms with Gasteiger partial charge < -0.3 is 10.1 Å². The van der Waals surface area contributed by atoms with Gasteiger partial charge in [-0.05, 0) is 65.4 Å². The Bertz CT molecular complexity index is 402. The van der Waals surface area contributed by atoms with Gasteiger partial charge in [0.25, 0.3) is 0 Å². The lowest BCUT2D eigenvalue weighted by atomic mass is 9.99. The van der Waals surface area contributed by atoms with Gasteiger partial charge in [0, 0.05) is 12.5 Å². The van der Waals surface area contributed by atoms with Crippen LogP contribution in [0.15, 0.2) is 22.7 Å². The molecule has 0 radical (unpaired) electrons. The van der Waals surface area contributed by atoms with Crippen molar-refractivity contribution in [2.75, 3.05) is 19.7 Å². The van der Waals surface area contributed by atoms with E-state index in [1.807, 2.05) is 0 Å². The summed E-state index contributed by atoms with van der Waals surface area (Å²) in [6.45, 7) is 7.54. The zero-order valence-corrected chi connectivity index (χ0v) is 13.5. The lowest BCUT2D eigenvalue weighted by molar-refractivity contribution is 0.217. The highest BCUT2D eigenvalue weighted by Crippen LogP contribution is 2.30. The molecule has 2 rings (SSSR count). The Morgan fingerprint density at radius 2 is 2.32 bits per heavy atom. The summed E-state index contributed by atoms with van der Waals surface area (Å²) in [5, 5.41) is 3.43. The molecular weight excluding hydrogens is 302 g/mol. The first-order chi connectivity index (χ1) is 9.20. The van der Waals surface area contributed by atoms with Crippen LogP contribution in [0.25, 0.3) is 0 Å². The minimum Gasteiger partial charge on any atom is -0.492 e. The molecule has 2 nitrogen and oxygen atoms in total. The van der Waals surface area contributed by atoms with Gasteiger partial charge in [-0.25, -0.2) is 0 Å². The maximum atomic E-state index is 5.96. The molecule has 1 aromatic carbocycles. The molecule has 1 aliphatic rings. The average Bonchev–Trinajstić information content (AvgIpc) is 2.46. The Labute approximate surface area is 125 Å². The minimum absolute atomic E-state index is 0.605. The van der Waals surface area contributed by atoms with Crippen LogP contribution in [0.4, 0.5) is 0 Å². The fourth-order valence-corrected chi connectivity index (χ4v) is 2.96. The van der Waals surface area contributed by atoms with Crippen LogP contribution >= 0.6 is 15.9 Å². The van der Waals surface area contributed by atoms with Gasteiger partial charge in [0.1, 0.15) is 5.75 Å². The average molecular weight is 326 g/mol. The van der Waals surface area contributed by atoms with Crippen LogP contribution in [0.2, 0.25) is 0 Å². The SMILES string of the molecule is CC[C@@H](C)c1ccc(OC[C@H]2CCCNC2)c(Br)c1. The second-order valence-corrected chi connectivity index (χ2v) is 6.38. The molecule has 3 heteroatoms. The third-order valence-corrected chi connectivity index (χ3v) is 4.63. The molecule has 2 atom stereocenters. The molecule has 1 heterocycles. The Balaban J connectivity index is 1.93. The van der Waals surface area contributed by atoms with Crippen LogP contribution in [-0.2, 0) is 0 Å². The van der Waals surface area contributed by atoms with E-state index in [1.165, 1.54) is 24.8 Å². The highest BCUT2D eigenvalue weighted by molar-refractivity contribution is 9.10. The van der Waals surface area contributed by atoms with E-state index in [0.717, 1.165) is 29.9 Å². The number of benzene rings is 1. The van der Waals surface area contributed by atoms with Crippen LogP contribution in [-0.4, -0.2) is 19.7 Å². The number of hydrogen-bond donors (Lipinski definition) is 1. The fourth-order valence-electron chi connectivity index (χ4n) is 2.45. The highest BCUT2D eigenvalue weighted by Gasteiger charge is 2.14. The highest BCUT2D eigenvalue weighted by atomic mass is 79.9. The molecule has 0 aromatic heterocycles. The van der Waals surface area contributed by atoms with Gasteiger partial charge in [0.15, 0.2) is 0 Å². The van der Waals surface area contributed by atoms with E-state index in [9.17, 15) is 0 Å². The van der Waals surface area contributed by atoms with Gasteiger partial charge in [0.2, 0.25) is 0 Å². The van der Waals surface area contributed by atoms with Crippen molar-refractivity contribution in [2.45, 2.75) is 39.0 Å². The third kappa shape index (κ3) is 4.22. The largest absolute Gasteiger partial charge is 0.492 e. The van der Waals surface area contributed by atoms with E-state index < -0.39 is 0 Å². The number of rotatable bonds is 5. The molecule has 0 unspecified atom stereocenters. The Morgan fingerprint density at radius 3 is 2.95 bits per heavy atom. The van der Waals surface area contributed by atoms with Gasteiger partial charge in [0.05, 0.1) is 11.1 Å². The van der Waals surface area contributed by atoms with Crippen LogP contribution in [0.5, 0.6) is 5.75 Å². The lowest BCUT2D eigenvalue weighted by Gasteiger charge is -2.23. The maximum Gasteiger partial charge on any atom is 0.133 e. The van der Waals surface area contributed by atoms with Gasteiger partial charge in [-0.1, -0.05) is 19.9 Å². The summed E-state index contributed by atoms with van der Waals surface area (Å²) in [6, 6.07) is 6.48. The fraction of sp³-hybridized carbons (Fsp3) is 0.625. The summed E-state index contributed by atoms with van der Waals surface area (Å²) in [5.41, 5.74) is 1.38. The molecule has 1 N–H and O–H groups in total. The summed E-state index contributed by atoms with van der Waals surface area (Å²) in [5.74, 6) is 2.22. The van der Waals surface area contributed by atoms with Crippen LogP contribution in [0.3, 0.4) is 0 Å². The molecule has 0 amide bonds. The van der Waals surface area contributed by atoms with Crippen molar-refractivity contribution in [1.82, 2.24) is 5.32 Å². The maximum absolute atomic E-state index is 5.96. The summed E-state index contributed by atoms with van der Waals surface area (Å²) in [4.78, 5) is 0. The van der Waals surface area contributed by atoms with E-state index in [-0.39, 0.29) is 0 Å². The zero-order chi connectivity index (χ0) is 13.7. The monoisotopic (exact) mass is 325 g/mol. The minimum atomic E-state index is 0.605. The van der Waals surface area contributed by atoms with Crippen LogP contribution in [0, 0.1) is 5.92 Å². The van der Waals surface area contributed by atoms with E-state index in [0.29, 0.717) is 11.8 Å². The lowest BCUT2D eigenvalue weighted by Crippen LogP contribution is -2.33. The molecule has 106 valence electrons. The predicted molar refractivity (Wildman–Crippen MR) is 83.9 cm³/mol. The Hall–Kier alpha value is -0.540. The summed E-state index contributed by atoms with van der Waals surface area (Å²) >= 11 is 3.63. The first-order valence-corrected chi connectivity index (χ1v) is 8.13. The van der Waals surface area contributed by atoms with Crippen molar-refractivity contribution in [3.8, 4) is 5.75 Å². The smallest absolute Gasteiger partial charge is 0.133 e. The van der Waals surface area contributed by atoms with Gasteiger partial charge in [-0.15, -0.1) is 0 Å². The molecule has 1 fully saturated rings. The van der Waals surface area contributed by atoms with Gasteiger partial charge in [-0.2, -0.15) is 0 Å². The number of halogens is 1. The van der Waals surface area contributed by atoms with E-state index in [4.69, 9.17) is 4.74 Å². The molecule has 1 aliphatic heterocycles. The third-order valence-electron chi connectivity index (χ3n) is 4.01. The number of ether oxygens (including phenoxy) is 1. The first-order valence-electron chi connectivity index (χ1n) is 7.33. The number of hydrogen-bond acceptors (Lipinski definition) is 2. The van der Waals surface area contributed by atoms with Crippen molar-refractivity contribution < 1.29 is 4.74 Å². The molecular formula is C16H24BrNO. The van der Waals surface area contributed by atoms with Crippen molar-refractivity contribution >= 4 is 15.9 Å². The molecule has 0 saturated carbocycles. The number of nitrogens with one attached hydrogen (secondary N) is 1. The van der Waals surface area contributed by atoms with Gasteiger partial charge in [-0.3, -0.25) is 0 Å². The van der Waals surface area contributed by atoms with E-state index >= 15 is 0 Å². The summed E-state index contributed by atoms with van der Waals surface area (Å²) in [7, 11) is 0. The zero-order valence-electron chi connectivity index (χ0n) is 11.9. The molecule has 1 saturated heterocycles. The van der Waals surface area contributed by atoms with Crippen molar-refractivity contribution in [1.29, 1.82) is 0 Å². The topological polar surface area (TPSA) is 21.3 Å². The molecule has 0 aliphatic carbocycles. The second-order valence-electron chi connectivity index (χ2n) is 5.52. The standard InChI is InChI=1S/C16H24BrNO/c1-3-12(2)14-6-7-16(15(17)9-14)19-11-13-5-4-8-18-10-13/h6-7,9,12-13,18H,3-5,8,10-11H2,1-2H3/t12-,13+/m1/s1. The van der Waals surface area contributed by atoms with Gasteiger partial charge >= 0.3 is 0 Å². The Kier molecular flexibility index (Phi) is 5.71. The van der Waals surface area contributed by atoms with Crippen molar-refractivity contribution in [3.05, 3.63) is 28.2 Å². The number of piperidine rings is 1. The van der Waals surface area contributed by atoms with E-state index in [2.05, 4.69) is 53.3 Å². The summed E-state index contributed by atoms with van der Waals surface area (Å²) in [6.07, 6.45) is 3.71. The van der Waals surface area contributed by atoms with Crippen molar-refractivity contribution in [3.63, 3.8) is 0 Å². The van der Waals surface area contributed by atoms with Crippen molar-refractivity contribution in [2.24, 2.45) is 5.92 Å². The second kappa shape index (κ2) is 7.30. The molecule has 19 heavy (non-hydrogen) atoms. The molecule has 1 aromatic rings. The molecule has 0 bridgehead atoms. The summed E-state index contributed by atoms with van der Waals surface area (Å²) < 4.78 is 7.04.